The number of hydrogen-bond donors (Lipinski definition) is 1. The Morgan fingerprint density at radius 3 is 2.53 bits per heavy atom. The number of halogens is 1. The maximum Gasteiger partial charge on any atom is 0.169 e. The zero-order chi connectivity index (χ0) is 13.7. The Kier molecular flexibility index (Phi) is 4.53. The van der Waals surface area contributed by atoms with Crippen LogP contribution in [0.5, 0.6) is 17.2 Å². The van der Waals surface area contributed by atoms with Crippen molar-refractivity contribution < 1.29 is 9.47 Å². The molecule has 2 N–H and O–H groups in total. The van der Waals surface area contributed by atoms with Crippen LogP contribution in [0.4, 0.5) is 5.69 Å². The summed E-state index contributed by atoms with van der Waals surface area (Å²) in [4.78, 5) is 0. The van der Waals surface area contributed by atoms with E-state index in [0.29, 0.717) is 34.6 Å². The highest BCUT2D eigenvalue weighted by Crippen LogP contribution is 2.35. The molecule has 2 aromatic carbocycles. The summed E-state index contributed by atoms with van der Waals surface area (Å²) in [6.45, 7) is 2.70. The first kappa shape index (κ1) is 13.6. The molecule has 0 fully saturated rings. The number of nitrogens with two attached hydrogens (primary N) is 1. The summed E-state index contributed by atoms with van der Waals surface area (Å²) in [7, 11) is 0. The molecule has 0 aliphatic carbocycles. The molecule has 3 nitrogen and oxygen atoms in total. The first-order valence-corrected chi connectivity index (χ1v) is 6.53. The molecule has 0 aromatic heterocycles. The minimum atomic E-state index is 0.528. The summed E-state index contributed by atoms with van der Waals surface area (Å²) in [5.41, 5.74) is 6.40. The van der Waals surface area contributed by atoms with E-state index in [1.54, 1.807) is 18.2 Å². The summed E-state index contributed by atoms with van der Waals surface area (Å²) in [5.74, 6) is 1.86. The van der Waals surface area contributed by atoms with E-state index in [1.165, 1.54) is 0 Å². The van der Waals surface area contributed by atoms with Gasteiger partial charge in [-0.3, -0.25) is 0 Å². The molecular weight excluding hydrogens is 262 g/mol. The molecular formula is C15H16ClNO2. The molecule has 0 aliphatic heterocycles. The van der Waals surface area contributed by atoms with E-state index in [9.17, 15) is 0 Å². The predicted octanol–water partition coefficient (Wildman–Crippen LogP) is 4.50. The fourth-order valence-electron chi connectivity index (χ4n) is 1.58. The van der Waals surface area contributed by atoms with Crippen LogP contribution in [0.15, 0.2) is 42.5 Å². The molecule has 4 heteroatoms. The van der Waals surface area contributed by atoms with Gasteiger partial charge < -0.3 is 15.2 Å². The first-order valence-electron chi connectivity index (χ1n) is 6.15. The lowest BCUT2D eigenvalue weighted by Gasteiger charge is -2.13. The first-order chi connectivity index (χ1) is 9.20. The number of anilines is 1. The van der Waals surface area contributed by atoms with Crippen LogP contribution in [-0.4, -0.2) is 6.61 Å². The van der Waals surface area contributed by atoms with Gasteiger partial charge in [0, 0.05) is 11.1 Å². The van der Waals surface area contributed by atoms with Crippen LogP contribution in [0.2, 0.25) is 5.02 Å². The molecule has 0 saturated carbocycles. The molecule has 0 heterocycles. The van der Waals surface area contributed by atoms with Gasteiger partial charge in [0.15, 0.2) is 17.2 Å². The second-order valence-corrected chi connectivity index (χ2v) is 4.52. The molecule has 2 aromatic rings. The van der Waals surface area contributed by atoms with Gasteiger partial charge in [0.2, 0.25) is 0 Å². The standard InChI is InChI=1S/C15H16ClNO2/c1-2-9-18-13-5-3-4-6-14(13)19-15-10-11(16)7-8-12(15)17/h3-8,10H,2,9,17H2,1H3. The van der Waals surface area contributed by atoms with Crippen LogP contribution in [0.3, 0.4) is 0 Å². The van der Waals surface area contributed by atoms with Gasteiger partial charge in [-0.1, -0.05) is 30.7 Å². The van der Waals surface area contributed by atoms with Gasteiger partial charge in [-0.25, -0.2) is 0 Å². The fraction of sp³-hybridized carbons (Fsp3) is 0.200. The van der Waals surface area contributed by atoms with Crippen molar-refractivity contribution in [2.45, 2.75) is 13.3 Å². The summed E-state index contributed by atoms with van der Waals surface area (Å²) in [6.07, 6.45) is 0.938. The van der Waals surface area contributed by atoms with Crippen molar-refractivity contribution in [2.24, 2.45) is 0 Å². The summed E-state index contributed by atoms with van der Waals surface area (Å²) in [5, 5.41) is 0.580. The minimum Gasteiger partial charge on any atom is -0.490 e. The van der Waals surface area contributed by atoms with Gasteiger partial charge in [0.05, 0.1) is 12.3 Å². The molecule has 0 radical (unpaired) electrons. The van der Waals surface area contributed by atoms with Crippen LogP contribution < -0.4 is 15.2 Å². The Morgan fingerprint density at radius 2 is 1.79 bits per heavy atom. The summed E-state index contributed by atoms with van der Waals surface area (Å²) >= 11 is 5.94. The average Bonchev–Trinajstić information content (AvgIpc) is 2.42. The fourth-order valence-corrected chi connectivity index (χ4v) is 1.74. The SMILES string of the molecule is CCCOc1ccccc1Oc1cc(Cl)ccc1N. The largest absolute Gasteiger partial charge is 0.490 e. The molecule has 0 spiro atoms. The smallest absolute Gasteiger partial charge is 0.169 e. The second-order valence-electron chi connectivity index (χ2n) is 4.08. The summed E-state index contributed by atoms with van der Waals surface area (Å²) in [6, 6.07) is 12.6. The van der Waals surface area contributed by atoms with Crippen molar-refractivity contribution in [3.05, 3.63) is 47.5 Å². The van der Waals surface area contributed by atoms with Gasteiger partial charge in [-0.05, 0) is 30.7 Å². The van der Waals surface area contributed by atoms with Gasteiger partial charge in [-0.2, -0.15) is 0 Å². The molecule has 0 aliphatic rings. The molecule has 0 atom stereocenters. The van der Waals surface area contributed by atoms with Gasteiger partial charge >= 0.3 is 0 Å². The van der Waals surface area contributed by atoms with Crippen LogP contribution in [-0.2, 0) is 0 Å². The zero-order valence-corrected chi connectivity index (χ0v) is 11.5. The molecule has 19 heavy (non-hydrogen) atoms. The van der Waals surface area contributed by atoms with E-state index in [4.69, 9.17) is 26.8 Å². The lowest BCUT2D eigenvalue weighted by molar-refractivity contribution is 0.302. The van der Waals surface area contributed by atoms with Crippen molar-refractivity contribution in [1.29, 1.82) is 0 Å². The van der Waals surface area contributed by atoms with E-state index < -0.39 is 0 Å². The minimum absolute atomic E-state index is 0.528. The van der Waals surface area contributed by atoms with Crippen molar-refractivity contribution in [3.8, 4) is 17.2 Å². The van der Waals surface area contributed by atoms with Crippen molar-refractivity contribution >= 4 is 17.3 Å². The number of hydrogen-bond acceptors (Lipinski definition) is 3. The van der Waals surface area contributed by atoms with Crippen LogP contribution in [0.1, 0.15) is 13.3 Å². The lowest BCUT2D eigenvalue weighted by atomic mass is 10.3. The molecule has 100 valence electrons. The van der Waals surface area contributed by atoms with Gasteiger partial charge in [-0.15, -0.1) is 0 Å². The highest BCUT2D eigenvalue weighted by atomic mass is 35.5. The van der Waals surface area contributed by atoms with Crippen molar-refractivity contribution in [1.82, 2.24) is 0 Å². The number of benzene rings is 2. The Labute approximate surface area is 117 Å². The quantitative estimate of drug-likeness (QED) is 0.818. The molecule has 0 bridgehead atoms. The normalized spacial score (nSPS) is 10.2. The Morgan fingerprint density at radius 1 is 1.05 bits per heavy atom. The van der Waals surface area contributed by atoms with Gasteiger partial charge in [0.25, 0.3) is 0 Å². The van der Waals surface area contributed by atoms with E-state index >= 15 is 0 Å². The van der Waals surface area contributed by atoms with Crippen LogP contribution >= 0.6 is 11.6 Å². The monoisotopic (exact) mass is 277 g/mol. The number of ether oxygens (including phenoxy) is 2. The third kappa shape index (κ3) is 3.55. The highest BCUT2D eigenvalue weighted by molar-refractivity contribution is 6.30. The molecule has 0 amide bonds. The third-order valence-electron chi connectivity index (χ3n) is 2.51. The van der Waals surface area contributed by atoms with Crippen molar-refractivity contribution in [2.75, 3.05) is 12.3 Å². The number of rotatable bonds is 5. The average molecular weight is 278 g/mol. The lowest BCUT2D eigenvalue weighted by Crippen LogP contribution is -1.98. The Balaban J connectivity index is 2.25. The van der Waals surface area contributed by atoms with E-state index in [0.717, 1.165) is 6.42 Å². The topological polar surface area (TPSA) is 44.5 Å². The number of para-hydroxylation sites is 2. The Bertz CT molecular complexity index is 558. The van der Waals surface area contributed by atoms with Gasteiger partial charge in [0.1, 0.15) is 0 Å². The van der Waals surface area contributed by atoms with E-state index in [2.05, 4.69) is 6.92 Å². The second kappa shape index (κ2) is 6.34. The maximum atomic E-state index is 5.94. The molecule has 2 rings (SSSR count). The molecule has 0 saturated heterocycles. The Hall–Kier alpha value is -1.87. The van der Waals surface area contributed by atoms with Crippen molar-refractivity contribution in [3.63, 3.8) is 0 Å². The predicted molar refractivity (Wildman–Crippen MR) is 78.2 cm³/mol. The third-order valence-corrected chi connectivity index (χ3v) is 2.74. The molecule has 0 unspecified atom stereocenters. The highest BCUT2D eigenvalue weighted by Gasteiger charge is 2.08. The van der Waals surface area contributed by atoms with Crippen LogP contribution in [0, 0.1) is 0 Å². The van der Waals surface area contributed by atoms with E-state index in [-0.39, 0.29) is 0 Å². The van der Waals surface area contributed by atoms with Crippen LogP contribution in [0.25, 0.3) is 0 Å². The van der Waals surface area contributed by atoms with E-state index in [1.807, 2.05) is 24.3 Å². The number of nitrogen functional groups attached to an aromatic ring is 1. The summed E-state index contributed by atoms with van der Waals surface area (Å²) < 4.78 is 11.4. The zero-order valence-electron chi connectivity index (χ0n) is 10.7. The maximum absolute atomic E-state index is 5.94.